The Balaban J connectivity index is 2.09. The van der Waals surface area contributed by atoms with Crippen LogP contribution in [0.2, 0.25) is 0 Å². The van der Waals surface area contributed by atoms with Gasteiger partial charge in [0.15, 0.2) is 0 Å². The van der Waals surface area contributed by atoms with Gasteiger partial charge < -0.3 is 20.1 Å². The van der Waals surface area contributed by atoms with E-state index >= 15 is 0 Å². The van der Waals surface area contributed by atoms with E-state index in [1.54, 1.807) is 32.4 Å². The number of piperidine rings is 1. The molecule has 1 aromatic rings. The highest BCUT2D eigenvalue weighted by Gasteiger charge is 2.19. The van der Waals surface area contributed by atoms with Gasteiger partial charge in [0.25, 0.3) is 5.91 Å². The van der Waals surface area contributed by atoms with Crippen LogP contribution in [-0.2, 0) is 0 Å². The smallest absolute Gasteiger partial charge is 0.255 e. The molecule has 5 nitrogen and oxygen atoms in total. The number of rotatable bonds is 4. The third-order valence-electron chi connectivity index (χ3n) is 3.29. The summed E-state index contributed by atoms with van der Waals surface area (Å²) in [6.07, 6.45) is 2.10. The monoisotopic (exact) mass is 264 g/mol. The van der Waals surface area contributed by atoms with Crippen molar-refractivity contribution < 1.29 is 14.3 Å². The van der Waals surface area contributed by atoms with Crippen molar-refractivity contribution in [3.05, 3.63) is 23.8 Å². The molecule has 104 valence electrons. The zero-order valence-electron chi connectivity index (χ0n) is 11.4. The Hall–Kier alpha value is -1.75. The highest BCUT2D eigenvalue weighted by Crippen LogP contribution is 2.24. The van der Waals surface area contributed by atoms with Gasteiger partial charge in [0.1, 0.15) is 11.5 Å². The molecule has 2 rings (SSSR count). The predicted octanol–water partition coefficient (Wildman–Crippen LogP) is 1.19. The fraction of sp³-hybridized carbons (Fsp3) is 0.500. The van der Waals surface area contributed by atoms with E-state index in [0.717, 1.165) is 25.9 Å². The molecule has 1 saturated heterocycles. The topological polar surface area (TPSA) is 59.6 Å². The van der Waals surface area contributed by atoms with E-state index < -0.39 is 0 Å². The minimum Gasteiger partial charge on any atom is -0.497 e. The molecule has 5 heteroatoms. The van der Waals surface area contributed by atoms with E-state index in [1.165, 1.54) is 0 Å². The van der Waals surface area contributed by atoms with Gasteiger partial charge in [-0.3, -0.25) is 4.79 Å². The first-order valence-electron chi connectivity index (χ1n) is 6.48. The lowest BCUT2D eigenvalue weighted by atomic mass is 10.1. The second-order valence-corrected chi connectivity index (χ2v) is 4.58. The van der Waals surface area contributed by atoms with Crippen molar-refractivity contribution in [3.63, 3.8) is 0 Å². The first kappa shape index (κ1) is 13.7. The Morgan fingerprint density at radius 3 is 2.84 bits per heavy atom. The molecule has 0 aliphatic carbocycles. The molecule has 1 aromatic carbocycles. The summed E-state index contributed by atoms with van der Waals surface area (Å²) in [5.74, 6) is 1.10. The van der Waals surface area contributed by atoms with Crippen LogP contribution >= 0.6 is 0 Å². The average Bonchev–Trinajstić information content (AvgIpc) is 2.47. The van der Waals surface area contributed by atoms with Gasteiger partial charge >= 0.3 is 0 Å². The quantitative estimate of drug-likeness (QED) is 0.857. The zero-order valence-corrected chi connectivity index (χ0v) is 11.4. The standard InChI is InChI=1S/C14H20N2O3/c1-18-11-5-6-12(13(8-11)19-2)14(17)16-10-4-3-7-15-9-10/h5-6,8,10,15H,3-4,7,9H2,1-2H3,(H,16,17)/t10-/m1/s1. The summed E-state index contributed by atoms with van der Waals surface area (Å²) in [4.78, 5) is 12.2. The van der Waals surface area contributed by atoms with Crippen LogP contribution < -0.4 is 20.1 Å². The Bertz CT molecular complexity index is 442. The summed E-state index contributed by atoms with van der Waals surface area (Å²) in [5.41, 5.74) is 0.536. The van der Waals surface area contributed by atoms with Gasteiger partial charge in [0, 0.05) is 18.7 Å². The van der Waals surface area contributed by atoms with Gasteiger partial charge in [0.2, 0.25) is 0 Å². The fourth-order valence-corrected chi connectivity index (χ4v) is 2.22. The molecule has 1 fully saturated rings. The normalized spacial score (nSPS) is 18.7. The van der Waals surface area contributed by atoms with Gasteiger partial charge in [0.05, 0.1) is 19.8 Å². The second kappa shape index (κ2) is 6.43. The fourth-order valence-electron chi connectivity index (χ4n) is 2.22. The van der Waals surface area contributed by atoms with Crippen LogP contribution in [0.3, 0.4) is 0 Å². The van der Waals surface area contributed by atoms with Crippen molar-refractivity contribution in [2.24, 2.45) is 0 Å². The van der Waals surface area contributed by atoms with E-state index in [-0.39, 0.29) is 11.9 Å². The maximum atomic E-state index is 12.2. The molecule has 0 radical (unpaired) electrons. The highest BCUT2D eigenvalue weighted by atomic mass is 16.5. The summed E-state index contributed by atoms with van der Waals surface area (Å²) in [7, 11) is 3.13. The van der Waals surface area contributed by atoms with Gasteiger partial charge in [-0.05, 0) is 31.5 Å². The van der Waals surface area contributed by atoms with Gasteiger partial charge in [-0.25, -0.2) is 0 Å². The molecule has 19 heavy (non-hydrogen) atoms. The van der Waals surface area contributed by atoms with Crippen molar-refractivity contribution in [1.29, 1.82) is 0 Å². The number of amides is 1. The van der Waals surface area contributed by atoms with Crippen LogP contribution in [0, 0.1) is 0 Å². The zero-order chi connectivity index (χ0) is 13.7. The molecule has 0 saturated carbocycles. The summed E-state index contributed by atoms with van der Waals surface area (Å²) < 4.78 is 10.4. The molecule has 1 heterocycles. The lowest BCUT2D eigenvalue weighted by molar-refractivity contribution is 0.0927. The van der Waals surface area contributed by atoms with E-state index in [4.69, 9.17) is 9.47 Å². The third-order valence-corrected chi connectivity index (χ3v) is 3.29. The van der Waals surface area contributed by atoms with Gasteiger partial charge in [-0.15, -0.1) is 0 Å². The number of ether oxygens (including phenoxy) is 2. The highest BCUT2D eigenvalue weighted by molar-refractivity contribution is 5.97. The summed E-state index contributed by atoms with van der Waals surface area (Å²) in [5, 5.41) is 6.30. The lowest BCUT2D eigenvalue weighted by Crippen LogP contribution is -2.45. The van der Waals surface area contributed by atoms with E-state index in [1.807, 2.05) is 0 Å². The van der Waals surface area contributed by atoms with Gasteiger partial charge in [-0.1, -0.05) is 0 Å². The SMILES string of the molecule is COc1ccc(C(=O)N[C@@H]2CCCNC2)c(OC)c1. The minimum absolute atomic E-state index is 0.104. The third kappa shape index (κ3) is 3.38. The molecule has 0 aromatic heterocycles. The molecule has 0 spiro atoms. The Labute approximate surface area is 113 Å². The number of nitrogens with one attached hydrogen (secondary N) is 2. The number of hydrogen-bond acceptors (Lipinski definition) is 4. The Kier molecular flexibility index (Phi) is 4.63. The molecule has 1 aliphatic rings. The van der Waals surface area contributed by atoms with Crippen LogP contribution in [0.5, 0.6) is 11.5 Å². The van der Waals surface area contributed by atoms with E-state index in [0.29, 0.717) is 17.1 Å². The maximum Gasteiger partial charge on any atom is 0.255 e. The van der Waals surface area contributed by atoms with Crippen LogP contribution in [0.25, 0.3) is 0 Å². The van der Waals surface area contributed by atoms with Crippen molar-refractivity contribution in [3.8, 4) is 11.5 Å². The number of carbonyl (C=O) groups is 1. The van der Waals surface area contributed by atoms with Crippen molar-refractivity contribution in [2.45, 2.75) is 18.9 Å². The molecule has 1 atom stereocenters. The van der Waals surface area contributed by atoms with Crippen molar-refractivity contribution >= 4 is 5.91 Å². The molecule has 0 unspecified atom stereocenters. The molecule has 2 N–H and O–H groups in total. The van der Waals surface area contributed by atoms with Crippen LogP contribution in [0.1, 0.15) is 23.2 Å². The van der Waals surface area contributed by atoms with Crippen molar-refractivity contribution in [1.82, 2.24) is 10.6 Å². The second-order valence-electron chi connectivity index (χ2n) is 4.58. The Morgan fingerprint density at radius 2 is 2.21 bits per heavy atom. The van der Waals surface area contributed by atoms with Crippen LogP contribution in [0.15, 0.2) is 18.2 Å². The Morgan fingerprint density at radius 1 is 1.37 bits per heavy atom. The van der Waals surface area contributed by atoms with Crippen LogP contribution in [0.4, 0.5) is 0 Å². The predicted molar refractivity (Wildman–Crippen MR) is 72.9 cm³/mol. The molecule has 1 amide bonds. The maximum absolute atomic E-state index is 12.2. The van der Waals surface area contributed by atoms with E-state index in [9.17, 15) is 4.79 Å². The first-order valence-corrected chi connectivity index (χ1v) is 6.48. The summed E-state index contributed by atoms with van der Waals surface area (Å²) in [6.45, 7) is 1.85. The minimum atomic E-state index is -0.104. The molecule has 0 bridgehead atoms. The lowest BCUT2D eigenvalue weighted by Gasteiger charge is -2.24. The summed E-state index contributed by atoms with van der Waals surface area (Å²) >= 11 is 0. The van der Waals surface area contributed by atoms with Crippen LogP contribution in [-0.4, -0.2) is 39.3 Å². The number of benzene rings is 1. The molecular formula is C14H20N2O3. The van der Waals surface area contributed by atoms with E-state index in [2.05, 4.69) is 10.6 Å². The molecular weight excluding hydrogens is 244 g/mol. The largest absolute Gasteiger partial charge is 0.497 e. The summed E-state index contributed by atoms with van der Waals surface area (Å²) in [6, 6.07) is 5.39. The van der Waals surface area contributed by atoms with Crippen molar-refractivity contribution in [2.75, 3.05) is 27.3 Å². The number of carbonyl (C=O) groups excluding carboxylic acids is 1. The number of methoxy groups -OCH3 is 2. The van der Waals surface area contributed by atoms with Gasteiger partial charge in [-0.2, -0.15) is 0 Å². The average molecular weight is 264 g/mol. The first-order chi connectivity index (χ1) is 9.24. The number of hydrogen-bond donors (Lipinski definition) is 2. The molecule has 1 aliphatic heterocycles.